The molecule has 0 saturated carbocycles. The second-order valence-electron chi connectivity index (χ2n) is 9.95. The van der Waals surface area contributed by atoms with Crippen LogP contribution in [0, 0.1) is 0 Å². The van der Waals surface area contributed by atoms with E-state index in [0.717, 1.165) is 34.4 Å². The predicted molar refractivity (Wildman–Crippen MR) is 164 cm³/mol. The van der Waals surface area contributed by atoms with E-state index >= 15 is 0 Å². The van der Waals surface area contributed by atoms with Crippen LogP contribution < -0.4 is 19.2 Å². The lowest BCUT2D eigenvalue weighted by Gasteiger charge is -2.28. The van der Waals surface area contributed by atoms with E-state index in [0.29, 0.717) is 0 Å². The zero-order chi connectivity index (χ0) is 25.9. The molecule has 0 amide bonds. The zero-order valence-electron chi connectivity index (χ0n) is 21.2. The van der Waals surface area contributed by atoms with E-state index in [1.54, 1.807) is 0 Å². The van der Waals surface area contributed by atoms with Gasteiger partial charge in [-0.3, -0.25) is 0 Å². The van der Waals surface area contributed by atoms with Gasteiger partial charge in [-0.2, -0.15) is 0 Å². The largest absolute Gasteiger partial charge is 0.461 e. The van der Waals surface area contributed by atoms with E-state index < -0.39 is 5.41 Å². The van der Waals surface area contributed by atoms with Crippen molar-refractivity contribution in [2.75, 3.05) is 33.3 Å². The Morgan fingerprint density at radius 2 is 0.946 bits per heavy atom. The van der Waals surface area contributed by atoms with Crippen molar-refractivity contribution >= 4 is 77.5 Å². The number of para-hydroxylation sites is 4. The SMILES string of the molecule is CN1B(Br)N(c2cccc(C(C)(C)c3cccc(N4B(Br)N(C)c5ccccc54)n3)n2)c2ccccc21. The first-order valence-corrected chi connectivity index (χ1v) is 14.1. The molecule has 6 rings (SSSR count). The Labute approximate surface area is 235 Å². The van der Waals surface area contributed by atoms with Crippen LogP contribution in [0.4, 0.5) is 34.4 Å². The van der Waals surface area contributed by atoms with Crippen LogP contribution in [0.15, 0.2) is 84.9 Å². The highest BCUT2D eigenvalue weighted by Crippen LogP contribution is 2.45. The molecule has 2 aliphatic rings. The minimum absolute atomic E-state index is 0.0136. The number of pyridine rings is 2. The maximum Gasteiger partial charge on any atom is 0.461 e. The highest BCUT2D eigenvalue weighted by atomic mass is 79.9. The van der Waals surface area contributed by atoms with E-state index in [1.807, 2.05) is 0 Å². The highest BCUT2D eigenvalue weighted by Gasteiger charge is 2.40. The van der Waals surface area contributed by atoms with Crippen LogP contribution in [0.5, 0.6) is 0 Å². The van der Waals surface area contributed by atoms with Crippen LogP contribution >= 0.6 is 31.5 Å². The summed E-state index contributed by atoms with van der Waals surface area (Å²) in [5.74, 6) is 1.77. The minimum atomic E-state index is -0.411. The van der Waals surface area contributed by atoms with Crippen LogP contribution in [0.1, 0.15) is 25.2 Å². The molecule has 4 heterocycles. The minimum Gasteiger partial charge on any atom is -0.387 e. The van der Waals surface area contributed by atoms with Crippen molar-refractivity contribution in [3.63, 3.8) is 0 Å². The molecule has 0 spiro atoms. The lowest BCUT2D eigenvalue weighted by Crippen LogP contribution is -2.39. The first-order valence-electron chi connectivity index (χ1n) is 12.2. The van der Waals surface area contributed by atoms with Crippen molar-refractivity contribution in [1.82, 2.24) is 9.97 Å². The Morgan fingerprint density at radius 1 is 0.568 bits per heavy atom. The molecule has 0 fully saturated rings. The fourth-order valence-electron chi connectivity index (χ4n) is 5.15. The second-order valence-corrected chi connectivity index (χ2v) is 11.6. The van der Waals surface area contributed by atoms with Crippen LogP contribution in [0.25, 0.3) is 0 Å². The predicted octanol–water partition coefficient (Wildman–Crippen LogP) is 6.74. The van der Waals surface area contributed by atoms with E-state index in [4.69, 9.17) is 9.97 Å². The molecule has 0 atom stereocenters. The van der Waals surface area contributed by atoms with Crippen molar-refractivity contribution in [1.29, 1.82) is 0 Å². The normalized spacial score (nSPS) is 15.0. The van der Waals surface area contributed by atoms with Gasteiger partial charge in [0.15, 0.2) is 0 Å². The standard InChI is InChI=1S/C27H26B2Br2N6/c1-27(2,23-15-9-17-25(32-23)36-21-13-7-5-11-19(21)34(3)28(36)30)24-16-10-18-26(33-24)37-22-14-8-6-12-20(22)35(4)29(37)31/h5-18H,1-4H3. The van der Waals surface area contributed by atoms with Crippen molar-refractivity contribution in [3.8, 4) is 0 Å². The summed E-state index contributed by atoms with van der Waals surface area (Å²) in [5, 5.41) is 0. The number of aromatic nitrogens is 2. The summed E-state index contributed by atoms with van der Waals surface area (Å²) >= 11 is 7.73. The quantitative estimate of drug-likeness (QED) is 0.237. The second kappa shape index (κ2) is 9.10. The fourth-order valence-corrected chi connectivity index (χ4v) is 6.45. The van der Waals surface area contributed by atoms with Gasteiger partial charge >= 0.3 is 11.6 Å². The zero-order valence-corrected chi connectivity index (χ0v) is 24.3. The Morgan fingerprint density at radius 3 is 1.35 bits per heavy atom. The fraction of sp³-hybridized carbons (Fsp3) is 0.185. The van der Waals surface area contributed by atoms with E-state index in [2.05, 4.69) is 164 Å². The lowest BCUT2D eigenvalue weighted by atomic mass is 9.84. The average molecular weight is 616 g/mol. The van der Waals surface area contributed by atoms with Gasteiger partial charge in [0.25, 0.3) is 0 Å². The van der Waals surface area contributed by atoms with Gasteiger partial charge in [-0.05, 0) is 76.5 Å². The number of hydrogen-bond donors (Lipinski definition) is 0. The lowest BCUT2D eigenvalue weighted by molar-refractivity contribution is 0.596. The smallest absolute Gasteiger partial charge is 0.387 e. The van der Waals surface area contributed by atoms with Gasteiger partial charge in [-0.25, -0.2) is 9.97 Å². The third-order valence-electron chi connectivity index (χ3n) is 7.35. The molecule has 0 bridgehead atoms. The maximum atomic E-state index is 5.17. The van der Waals surface area contributed by atoms with Gasteiger partial charge in [-0.1, -0.05) is 67.9 Å². The topological polar surface area (TPSA) is 38.7 Å². The van der Waals surface area contributed by atoms with Crippen molar-refractivity contribution in [2.24, 2.45) is 0 Å². The molecule has 10 heteroatoms. The summed E-state index contributed by atoms with van der Waals surface area (Å²) < 4.78 is 0. The Bertz CT molecular complexity index is 1380. The summed E-state index contributed by atoms with van der Waals surface area (Å²) in [6.45, 7) is 4.38. The molecule has 0 radical (unpaired) electrons. The monoisotopic (exact) mass is 614 g/mol. The maximum absolute atomic E-state index is 5.17. The number of nitrogens with zero attached hydrogens (tertiary/aromatic N) is 6. The highest BCUT2D eigenvalue weighted by molar-refractivity contribution is 9.25. The van der Waals surface area contributed by atoms with E-state index in [1.165, 1.54) is 11.4 Å². The number of halogens is 2. The molecule has 2 aromatic heterocycles. The van der Waals surface area contributed by atoms with Crippen LogP contribution in [-0.2, 0) is 5.41 Å². The van der Waals surface area contributed by atoms with Crippen LogP contribution in [0.2, 0.25) is 0 Å². The molecule has 0 unspecified atom stereocenters. The molecule has 0 saturated heterocycles. The van der Waals surface area contributed by atoms with E-state index in [-0.39, 0.29) is 11.6 Å². The van der Waals surface area contributed by atoms with Crippen LogP contribution in [0.3, 0.4) is 0 Å². The van der Waals surface area contributed by atoms with Crippen molar-refractivity contribution < 1.29 is 0 Å². The molecule has 184 valence electrons. The van der Waals surface area contributed by atoms with Gasteiger partial charge in [0.05, 0.1) is 22.8 Å². The summed E-state index contributed by atoms with van der Waals surface area (Å²) in [7, 11) is 4.18. The molecule has 2 aromatic carbocycles. The summed E-state index contributed by atoms with van der Waals surface area (Å²) in [6.07, 6.45) is 0. The number of fused-ring (bicyclic) bond motifs is 2. The summed E-state index contributed by atoms with van der Waals surface area (Å²) in [5.41, 5.74) is 6.14. The Kier molecular flexibility index (Phi) is 5.99. The Hall–Kier alpha value is -2.97. The van der Waals surface area contributed by atoms with Gasteiger partial charge < -0.3 is 19.2 Å². The molecule has 2 aliphatic heterocycles. The molecule has 0 aliphatic carbocycles. The van der Waals surface area contributed by atoms with Gasteiger partial charge in [0, 0.05) is 16.8 Å². The molecular formula is C27H26B2Br2N6. The van der Waals surface area contributed by atoms with Gasteiger partial charge in [0.2, 0.25) is 0 Å². The van der Waals surface area contributed by atoms with Crippen molar-refractivity contribution in [2.45, 2.75) is 19.3 Å². The summed E-state index contributed by atoms with van der Waals surface area (Å²) in [4.78, 5) is 19.2. The third kappa shape index (κ3) is 3.84. The molecular weight excluding hydrogens is 590 g/mol. The number of hydrogen-bond acceptors (Lipinski definition) is 6. The molecule has 4 aromatic rings. The average Bonchev–Trinajstić information content (AvgIpc) is 3.33. The Balaban J connectivity index is 1.37. The van der Waals surface area contributed by atoms with Gasteiger partial charge in [0.1, 0.15) is 11.6 Å². The molecule has 6 nitrogen and oxygen atoms in total. The van der Waals surface area contributed by atoms with Crippen molar-refractivity contribution in [3.05, 3.63) is 96.3 Å². The number of rotatable bonds is 4. The molecule has 37 heavy (non-hydrogen) atoms. The first-order chi connectivity index (χ1) is 17.8. The number of benzene rings is 2. The third-order valence-corrected chi connectivity index (χ3v) is 9.40. The van der Waals surface area contributed by atoms with Gasteiger partial charge in [-0.15, -0.1) is 0 Å². The number of anilines is 6. The summed E-state index contributed by atoms with van der Waals surface area (Å²) in [6, 6.07) is 29.3. The van der Waals surface area contributed by atoms with Crippen LogP contribution in [-0.4, -0.2) is 35.7 Å². The molecule has 0 N–H and O–H groups in total. The van der Waals surface area contributed by atoms with E-state index in [9.17, 15) is 0 Å². The first kappa shape index (κ1) is 24.4.